The zero-order valence-corrected chi connectivity index (χ0v) is 69.8. The maximum absolute atomic E-state index is 13.5. The second-order valence-electron chi connectivity index (χ2n) is 27.8. The van der Waals surface area contributed by atoms with Crippen molar-refractivity contribution in [2.45, 2.75) is 222 Å². The van der Waals surface area contributed by atoms with Gasteiger partial charge in [0.25, 0.3) is 0 Å². The Morgan fingerprint density at radius 3 is 0.852 bits per heavy atom. The molecule has 3 aliphatic rings. The minimum atomic E-state index is -4.91. The van der Waals surface area contributed by atoms with Crippen LogP contribution in [0.4, 0.5) is 0 Å². The van der Waals surface area contributed by atoms with Crippen molar-refractivity contribution >= 4 is 49.0 Å². The van der Waals surface area contributed by atoms with Crippen LogP contribution in [0.5, 0.6) is 0 Å². The molecule has 44 nitrogen and oxygen atoms in total. The highest BCUT2D eigenvalue weighted by Gasteiger charge is 2.48. The third-order valence-electron chi connectivity index (χ3n) is 17.6. The highest BCUT2D eigenvalue weighted by atomic mass is 31.2. The Kier molecular flexibility index (Phi) is 56.4. The van der Waals surface area contributed by atoms with E-state index >= 15 is 0 Å². The van der Waals surface area contributed by atoms with Crippen molar-refractivity contribution in [1.29, 1.82) is 0 Å². The number of unbranched alkanes of at least 4 members (excludes halogenated alkanes) is 9. The van der Waals surface area contributed by atoms with Crippen LogP contribution in [0.15, 0.2) is 0 Å². The van der Waals surface area contributed by atoms with Crippen LogP contribution in [0.25, 0.3) is 0 Å². The van der Waals surface area contributed by atoms with E-state index in [4.69, 9.17) is 93.0 Å². The first-order valence-corrected chi connectivity index (χ1v) is 44.8. The summed E-state index contributed by atoms with van der Waals surface area (Å²) < 4.78 is 162. The van der Waals surface area contributed by atoms with Crippen LogP contribution in [0.3, 0.4) is 0 Å². The molecular formula is C67H131N3O41P4. The van der Waals surface area contributed by atoms with Crippen molar-refractivity contribution in [2.24, 2.45) is 11.3 Å². The number of phosphoric acid groups is 4. The summed E-state index contributed by atoms with van der Waals surface area (Å²) in [5.41, 5.74) is -1.52. The SMILES string of the molecule is COCCCOCC(CO)COCCCOP(=O)(O)OCC(COCCCOP(=O)(O)OCCCCCCO[C@@H]1OC(CO)[C@H](O)[C@H](O)C1NC(C)=O)(COCCCOP(=O)(O)OCCCCCCO[C@@H]1OC(CO)[C@H](O)[C@H](O)C1NC(C)=O)COCCCOP(=O)(O)OCCCCCCO[C@@H]1OC(CO)[C@H](O)C(O)[C@@H]1NC(C)=O. The molecule has 3 aliphatic heterocycles. The van der Waals surface area contributed by atoms with Crippen LogP contribution < -0.4 is 16.0 Å². The van der Waals surface area contributed by atoms with Gasteiger partial charge in [0.1, 0.15) is 73.1 Å². The first-order chi connectivity index (χ1) is 54.8. The second kappa shape index (κ2) is 60.5. The molecule has 3 heterocycles. The third-order valence-corrected chi connectivity index (χ3v) is 21.6. The average Bonchev–Trinajstić information content (AvgIpc) is 0.816. The summed E-state index contributed by atoms with van der Waals surface area (Å²) in [6.07, 6.45) is -9.56. The zero-order chi connectivity index (χ0) is 85.1. The summed E-state index contributed by atoms with van der Waals surface area (Å²) in [4.78, 5) is 77.7. The van der Waals surface area contributed by atoms with Crippen molar-refractivity contribution in [2.75, 3.05) is 179 Å². The molecule has 0 spiro atoms. The molecule has 48 heteroatoms. The molecule has 0 aromatic carbocycles. The number of carbonyl (C=O) groups is 3. The summed E-state index contributed by atoms with van der Waals surface area (Å²) >= 11 is 0. The fraction of sp³-hybridized carbons (Fsp3) is 0.955. The van der Waals surface area contributed by atoms with Gasteiger partial charge in [0.15, 0.2) is 18.9 Å². The van der Waals surface area contributed by atoms with Gasteiger partial charge in [0.05, 0.1) is 118 Å². The summed E-state index contributed by atoms with van der Waals surface area (Å²) in [7, 11) is -17.1. The number of ether oxygens (including phenoxy) is 12. The Labute approximate surface area is 671 Å². The first kappa shape index (κ1) is 107. The fourth-order valence-electron chi connectivity index (χ4n) is 11.5. The maximum atomic E-state index is 13.5. The minimum absolute atomic E-state index is 0.0130. The Morgan fingerprint density at radius 1 is 0.339 bits per heavy atom. The maximum Gasteiger partial charge on any atom is 0.472 e. The largest absolute Gasteiger partial charge is 0.472 e. The molecule has 0 radical (unpaired) electrons. The average molecular weight is 1760 g/mol. The predicted octanol–water partition coefficient (Wildman–Crippen LogP) is -0.642. The summed E-state index contributed by atoms with van der Waals surface area (Å²) in [5.74, 6) is -1.87. The van der Waals surface area contributed by atoms with Gasteiger partial charge in [-0.15, -0.1) is 0 Å². The number of nitrogens with one attached hydrogen (secondary N) is 3. The summed E-state index contributed by atoms with van der Waals surface area (Å²) in [6.45, 7) is -0.984. The summed E-state index contributed by atoms with van der Waals surface area (Å²) in [5, 5.41) is 108. The van der Waals surface area contributed by atoms with E-state index in [2.05, 4.69) is 16.0 Å². The number of amides is 3. The van der Waals surface area contributed by atoms with Crippen LogP contribution in [0.2, 0.25) is 0 Å². The van der Waals surface area contributed by atoms with Gasteiger partial charge in [-0.1, -0.05) is 38.5 Å². The standard InChI is InChI=1S/C67H131N3O41P4/c1-48(75)68-55-61(81)58(78)52(39-72)109-64(55)98-28-11-5-8-14-31-101-112(84,85)104-35-19-25-95-44-67(47-108-115(90,91)107-34-18-24-94-43-51(38-71)42-93-23-17-22-92-4,45-96-26-20-36-105-113(86,87)102-32-15-9-6-12-29-99-65-56(69-49(2)76)62(82)59(79)53(40-73)110-65)46-97-27-21-37-106-114(88,89)103-33-16-10-7-13-30-100-66-57(70-50(3)77)63(83)60(80)54(41-74)111-66/h51-66,71-74,78-83H,5-47H2,1-4H3,(H,68,75)(H,69,76)(H,70,77)(H,84,85)(H,86,87)(H,88,89)(H,90,91)/t51?,52?,53?,54?,55-,56?,57?,58-,59-,60-,61?,62+,63+,64+,65+,66+,67?/m0/s1. The lowest BCUT2D eigenvalue weighted by molar-refractivity contribution is -0.270. The smallest absolute Gasteiger partial charge is 0.396 e. The number of rotatable bonds is 71. The lowest BCUT2D eigenvalue weighted by Crippen LogP contribution is -2.64. The number of methoxy groups -OCH3 is 1. The molecule has 0 saturated carbocycles. The van der Waals surface area contributed by atoms with Gasteiger partial charge < -0.3 is 143 Å². The van der Waals surface area contributed by atoms with Crippen molar-refractivity contribution < 1.29 is 196 Å². The molecular weight excluding hydrogens is 1630 g/mol. The normalized spacial score (nSPS) is 26.9. The van der Waals surface area contributed by atoms with E-state index in [0.29, 0.717) is 96.7 Å². The van der Waals surface area contributed by atoms with E-state index in [9.17, 15) is 103 Å². The van der Waals surface area contributed by atoms with Crippen molar-refractivity contribution in [1.82, 2.24) is 16.0 Å². The van der Waals surface area contributed by atoms with Gasteiger partial charge >= 0.3 is 31.3 Å². The Morgan fingerprint density at radius 2 is 0.591 bits per heavy atom. The van der Waals surface area contributed by atoms with Crippen LogP contribution in [-0.2, 0) is 126 Å². The van der Waals surface area contributed by atoms with Gasteiger partial charge in [0.2, 0.25) is 17.7 Å². The van der Waals surface area contributed by atoms with E-state index in [1.165, 1.54) is 20.8 Å². The number of aliphatic hydroxyl groups excluding tert-OH is 10. The lowest BCUT2D eigenvalue weighted by Gasteiger charge is -2.42. The van der Waals surface area contributed by atoms with Gasteiger partial charge in [-0.25, -0.2) is 18.3 Å². The van der Waals surface area contributed by atoms with E-state index in [1.807, 2.05) is 0 Å². The molecule has 3 saturated heterocycles. The van der Waals surface area contributed by atoms with Gasteiger partial charge in [0, 0.05) is 93.3 Å². The number of hydrogen-bond acceptors (Lipinski definition) is 37. The van der Waals surface area contributed by atoms with Crippen LogP contribution in [0, 0.1) is 11.3 Å². The molecule has 3 amide bonds. The Balaban J connectivity index is 1.63. The summed E-state index contributed by atoms with van der Waals surface area (Å²) in [6, 6.07) is -3.32. The van der Waals surface area contributed by atoms with E-state index < -0.39 is 173 Å². The molecule has 0 aromatic rings. The molecule has 20 atom stereocenters. The van der Waals surface area contributed by atoms with Crippen molar-refractivity contribution in [3.8, 4) is 0 Å². The molecule has 0 bridgehead atoms. The van der Waals surface area contributed by atoms with Gasteiger partial charge in [-0.2, -0.15) is 0 Å². The molecule has 680 valence electrons. The lowest BCUT2D eigenvalue weighted by atomic mass is 9.92. The fourth-order valence-corrected chi connectivity index (χ4v) is 14.7. The minimum Gasteiger partial charge on any atom is -0.396 e. The highest BCUT2D eigenvalue weighted by Crippen LogP contribution is 2.47. The quantitative estimate of drug-likeness (QED) is 0.0266. The third kappa shape index (κ3) is 46.3. The van der Waals surface area contributed by atoms with Crippen molar-refractivity contribution in [3.63, 3.8) is 0 Å². The molecule has 3 fully saturated rings. The molecule has 0 aliphatic carbocycles. The highest BCUT2D eigenvalue weighted by molar-refractivity contribution is 7.48. The molecule has 17 N–H and O–H groups in total. The van der Waals surface area contributed by atoms with Crippen LogP contribution >= 0.6 is 31.3 Å². The molecule has 0 aromatic heterocycles. The van der Waals surface area contributed by atoms with Crippen molar-refractivity contribution in [3.05, 3.63) is 0 Å². The second-order valence-corrected chi connectivity index (χ2v) is 33.6. The predicted molar refractivity (Wildman–Crippen MR) is 398 cm³/mol. The number of carbonyl (C=O) groups excluding carboxylic acids is 3. The molecule has 11 unspecified atom stereocenters. The van der Waals surface area contributed by atoms with Gasteiger partial charge in [-0.05, 0) is 70.6 Å². The monoisotopic (exact) mass is 1760 g/mol. The Hall–Kier alpha value is -2.03. The van der Waals surface area contributed by atoms with Crippen LogP contribution in [0.1, 0.15) is 130 Å². The van der Waals surface area contributed by atoms with E-state index in [0.717, 1.165) is 0 Å². The topological polar surface area (TPSA) is 623 Å². The van der Waals surface area contributed by atoms with E-state index in [1.54, 1.807) is 7.11 Å². The number of hydrogen-bond donors (Lipinski definition) is 17. The van der Waals surface area contributed by atoms with E-state index in [-0.39, 0.29) is 164 Å². The Bertz CT molecular complexity index is 2540. The first-order valence-electron chi connectivity index (χ1n) is 38.8. The number of aliphatic hydroxyl groups is 10. The molecule has 3 rings (SSSR count). The molecule has 115 heavy (non-hydrogen) atoms. The van der Waals surface area contributed by atoms with Gasteiger partial charge in [-0.3, -0.25) is 50.6 Å². The zero-order valence-electron chi connectivity index (χ0n) is 66.2. The number of phosphoric ester groups is 4. The van der Waals surface area contributed by atoms with Crippen LogP contribution in [-0.4, -0.2) is 359 Å².